The van der Waals surface area contributed by atoms with Crippen LogP contribution in [0, 0.1) is 6.92 Å². The van der Waals surface area contributed by atoms with Crippen molar-refractivity contribution in [3.8, 4) is 39.8 Å². The van der Waals surface area contributed by atoms with Crippen LogP contribution < -0.4 is 84.5 Å². The summed E-state index contributed by atoms with van der Waals surface area (Å²) in [6.45, 7) is 10.4. The predicted octanol–water partition coefficient (Wildman–Crippen LogP) is 10.5. The molecule has 2 heterocycles. The topological polar surface area (TPSA) is 179 Å². The van der Waals surface area contributed by atoms with Gasteiger partial charge in [0.2, 0.25) is 0 Å². The van der Waals surface area contributed by atoms with Crippen LogP contribution in [0.4, 0.5) is 0 Å². The zero-order valence-corrected chi connectivity index (χ0v) is 62.4. The van der Waals surface area contributed by atoms with E-state index in [1.165, 1.54) is 79.8 Å². The van der Waals surface area contributed by atoms with E-state index >= 15 is 0 Å². The average molecular weight is 1330 g/mol. The Morgan fingerprint density at radius 1 is 0.583 bits per heavy atom. The van der Waals surface area contributed by atoms with E-state index in [4.69, 9.17) is 112 Å². The zero-order chi connectivity index (χ0) is 58.8. The van der Waals surface area contributed by atoms with Gasteiger partial charge in [0.15, 0.2) is 11.5 Å². The maximum atomic E-state index is 10.5. The minimum Gasteiger partial charge on any atom is -0.870 e. The Morgan fingerprint density at radius 3 is 1.26 bits per heavy atom. The summed E-state index contributed by atoms with van der Waals surface area (Å²) in [5.41, 5.74) is 8.10. The van der Waals surface area contributed by atoms with Gasteiger partial charge < -0.3 is 39.6 Å². The third-order valence-electron chi connectivity index (χ3n) is 14.2. The molecule has 0 bridgehead atoms. The summed E-state index contributed by atoms with van der Waals surface area (Å²) >= 11 is 41.9. The summed E-state index contributed by atoms with van der Waals surface area (Å²) in [5.74, 6) is 4.44. The van der Waals surface area contributed by atoms with E-state index < -0.39 is 11.2 Å². The Labute approximate surface area is 620 Å². The minimum absolute atomic E-state index is 0. The molecule has 10 rings (SSSR count). The van der Waals surface area contributed by atoms with Crippen molar-refractivity contribution >= 4 is 145 Å². The van der Waals surface area contributed by atoms with Crippen molar-refractivity contribution in [2.45, 2.75) is 95.5 Å². The summed E-state index contributed by atoms with van der Waals surface area (Å²) in [6.07, 6.45) is 2.34. The Morgan fingerprint density at radius 2 is 0.929 bits per heavy atom. The van der Waals surface area contributed by atoms with Gasteiger partial charge in [0.05, 0.1) is 31.2 Å². The molecular formula is C61H56Cl6K3LiN2O11. The number of benzene rings is 6. The Bertz CT molecular complexity index is 3480. The molecule has 0 saturated heterocycles. The number of carbonyl (C=O) groups excluding carboxylic acids is 3. The summed E-state index contributed by atoms with van der Waals surface area (Å²) in [5, 5.41) is 11.8. The van der Waals surface area contributed by atoms with Crippen LogP contribution in [-0.2, 0) is 48.3 Å². The maximum Gasteiger partial charge on any atom is 1.00 e. The van der Waals surface area contributed by atoms with Gasteiger partial charge in [-0.15, -0.1) is 0 Å². The molecule has 8 aromatic rings. The molecule has 4 unspecified atom stereocenters. The maximum absolute atomic E-state index is 10.5. The van der Waals surface area contributed by atoms with Crippen LogP contribution in [0.3, 0.4) is 0 Å². The first-order chi connectivity index (χ1) is 38.8. The van der Waals surface area contributed by atoms with Gasteiger partial charge in [0, 0.05) is 35.4 Å². The van der Waals surface area contributed by atoms with E-state index in [1.54, 1.807) is 62.8 Å². The van der Waals surface area contributed by atoms with Gasteiger partial charge in [-0.3, -0.25) is 4.79 Å². The average Bonchev–Trinajstić information content (AvgIpc) is 3.75. The third kappa shape index (κ3) is 19.0. The van der Waals surface area contributed by atoms with Gasteiger partial charge in [-0.25, -0.2) is 0 Å². The molecule has 2 aromatic heterocycles. The molecule has 0 spiro atoms. The van der Waals surface area contributed by atoms with Crippen LogP contribution in [0.15, 0.2) is 130 Å². The standard InChI is InChI=1S/C30H26Cl3NO5.C30H28Cl3NO3.CO2.3K.Li.H2O.H/c1-30(2,36-3)29-23(28(34-39-29)27-24(31)5-4-6-25(27)32)15-37-19-11-12-20(26(33)13-19)22-14-21(22)17-7-9-18(10-8-17)38-16-35;1-17-8-10-18(11-9-17)21-15-22(21)20-13-12-19(14-26(20)33)36-16-23-28(27-24(31)6-5-7-25(27)32)34-37-29(23)30(2,3)35-4;2-1-3;;;;;;/h4-13,16,21-22H,14-15H2,1-3H3;5-14,21-22H,15-16H2,1-4H3;;;;;;1H2;/q;;;;;2*+1;;-1/p-1. The van der Waals surface area contributed by atoms with E-state index in [0.29, 0.717) is 123 Å². The van der Waals surface area contributed by atoms with Crippen LogP contribution in [0.25, 0.3) is 22.5 Å². The zero-order valence-electron chi connectivity index (χ0n) is 49.5. The van der Waals surface area contributed by atoms with E-state index in [0.717, 1.165) is 24.0 Å². The first-order valence-electron chi connectivity index (χ1n) is 25.9. The minimum atomic E-state index is -0.766. The first-order valence-corrected chi connectivity index (χ1v) is 44.2. The summed E-state index contributed by atoms with van der Waals surface area (Å²) in [6, 6.07) is 38.6. The van der Waals surface area contributed by atoms with Crippen molar-refractivity contribution in [2.24, 2.45) is 0 Å². The molecule has 0 radical (unpaired) electrons. The fourth-order valence-corrected chi connectivity index (χ4v) is 11.2. The van der Waals surface area contributed by atoms with Gasteiger partial charge in [-0.2, -0.15) is 9.59 Å². The molecule has 4 atom stereocenters. The van der Waals surface area contributed by atoms with E-state index in [2.05, 4.69) is 47.6 Å². The molecule has 84 heavy (non-hydrogen) atoms. The normalized spacial score (nSPS) is 15.5. The van der Waals surface area contributed by atoms with Crippen LogP contribution in [0.1, 0.15) is 116 Å². The van der Waals surface area contributed by atoms with Gasteiger partial charge in [-0.1, -0.05) is 146 Å². The fourth-order valence-electron chi connectivity index (χ4n) is 9.44. The van der Waals surface area contributed by atoms with Gasteiger partial charge in [0.1, 0.15) is 53.1 Å². The Kier molecular flexibility index (Phi) is 31.8. The van der Waals surface area contributed by atoms with Crippen molar-refractivity contribution in [3.63, 3.8) is 0 Å². The molecular weight excluding hydrogens is 1270 g/mol. The molecule has 2 aliphatic carbocycles. The van der Waals surface area contributed by atoms with Crippen molar-refractivity contribution in [3.05, 3.63) is 202 Å². The molecule has 13 nitrogen and oxygen atoms in total. The molecule has 0 amide bonds. The van der Waals surface area contributed by atoms with Crippen LogP contribution in [0.2, 0.25) is 30.1 Å². The summed E-state index contributed by atoms with van der Waals surface area (Å²) in [4.78, 5) is 26.8. The molecule has 1 N–H and O–H groups in total. The largest absolute Gasteiger partial charge is 1.00 e. The molecule has 2 saturated carbocycles. The summed E-state index contributed by atoms with van der Waals surface area (Å²) in [7, 11) is 3.22. The Balaban J connectivity index is 0.000000397. The summed E-state index contributed by atoms with van der Waals surface area (Å²) < 4.78 is 40.1. The van der Waals surface area contributed by atoms with Gasteiger partial charge >= 0.3 is 140 Å². The third-order valence-corrected chi connectivity index (χ3v) is 16.1. The van der Waals surface area contributed by atoms with E-state index in [1.807, 2.05) is 70.2 Å². The Hall–Kier alpha value is -0.684. The van der Waals surface area contributed by atoms with Crippen LogP contribution >= 0.6 is 69.6 Å². The number of nitrogens with zero attached hydrogens (tertiary/aromatic N) is 2. The smallest absolute Gasteiger partial charge is 0.870 e. The molecule has 6 aromatic carbocycles. The van der Waals surface area contributed by atoms with Crippen LogP contribution in [0.5, 0.6) is 17.2 Å². The second kappa shape index (κ2) is 35.2. The first kappa shape index (κ1) is 75.8. The molecule has 2 aliphatic rings. The monoisotopic (exact) mass is 1330 g/mol. The number of carbonyl (C=O) groups is 1. The van der Waals surface area contributed by atoms with Crippen molar-refractivity contribution < 1.29 is 124 Å². The quantitative estimate of drug-likeness (QED) is 0.0586. The van der Waals surface area contributed by atoms with E-state index in [-0.39, 0.29) is 96.5 Å². The predicted molar refractivity (Wildman–Crippen MR) is 320 cm³/mol. The second-order valence-electron chi connectivity index (χ2n) is 19.9. The van der Waals surface area contributed by atoms with Crippen molar-refractivity contribution in [2.75, 3.05) is 14.2 Å². The molecule has 422 valence electrons. The number of methoxy groups -OCH3 is 2. The van der Waals surface area contributed by atoms with Crippen molar-refractivity contribution in [1.29, 1.82) is 0 Å². The van der Waals surface area contributed by atoms with Gasteiger partial charge in [-0.05, 0) is 154 Å². The van der Waals surface area contributed by atoms with E-state index in [9.17, 15) is 4.79 Å². The van der Waals surface area contributed by atoms with Crippen molar-refractivity contribution in [1.82, 2.24) is 10.3 Å². The number of hydrogen-bond acceptors (Lipinski definition) is 13. The number of rotatable bonds is 18. The number of ether oxygens (including phenoxy) is 5. The fraction of sp³-hybridized carbons (Fsp3) is 0.279. The number of aromatic nitrogens is 2. The number of hydrogen-bond donors (Lipinski definition) is 0. The number of aryl methyl sites for hydroxylation is 1. The molecule has 23 heteroatoms. The molecule has 2 fully saturated rings. The van der Waals surface area contributed by atoms with Gasteiger partial charge in [0.25, 0.3) is 6.47 Å². The number of halogens is 6. The molecule has 0 aliphatic heterocycles. The SMILES string of the molecule is COC(C)(C)c1onc(-c2c(Cl)cccc2Cl)c1COc1ccc(C2CC2c2ccc(C)cc2)c(Cl)c1.COC(C)(C)c1onc(-c2c(Cl)cccc2Cl)c1COc1ccc(C2CC2c2ccc(OC=O)cc2)c(Cl)c1.O=C=O.[H-].[K+].[K][K].[Li+].[OH-]. The second-order valence-corrected chi connectivity index (χ2v) is 22.4. The van der Waals surface area contributed by atoms with Crippen LogP contribution in [-0.4, -0.2) is 106 Å².